The van der Waals surface area contributed by atoms with Crippen LogP contribution in [-0.2, 0) is 17.8 Å². The largest absolute Gasteiger partial charge is 0.376 e. The molecule has 1 aromatic carbocycles. The van der Waals surface area contributed by atoms with Gasteiger partial charge in [-0.25, -0.2) is 13.2 Å². The molecule has 2 aromatic rings. The molecule has 0 atom stereocenters. The molecule has 0 radical (unpaired) electrons. The molecule has 1 aromatic heterocycles. The average molecular weight is 227 g/mol. The Hall–Kier alpha value is -1.49. The number of benzene rings is 1. The van der Waals surface area contributed by atoms with E-state index in [1.54, 1.807) is 0 Å². The Morgan fingerprint density at radius 1 is 1.19 bits per heavy atom. The number of aromatic amines is 1. The van der Waals surface area contributed by atoms with Crippen molar-refractivity contribution in [1.29, 1.82) is 0 Å². The Kier molecular flexibility index (Phi) is 1.97. The summed E-state index contributed by atoms with van der Waals surface area (Å²) in [6.07, 6.45) is 0.560. The summed E-state index contributed by atoms with van der Waals surface area (Å²) in [6, 6.07) is 0.556. The van der Waals surface area contributed by atoms with Crippen LogP contribution in [0.2, 0.25) is 0 Å². The smallest absolute Gasteiger partial charge is 0.168 e. The number of hydrogen-bond donors (Lipinski definition) is 1. The second-order valence-corrected chi connectivity index (χ2v) is 3.79. The van der Waals surface area contributed by atoms with E-state index >= 15 is 0 Å². The SMILES string of the molecule is Fc1cc(F)c2[nH]c3c(c2c1F)COCC3. The second kappa shape index (κ2) is 3.25. The normalized spacial score (nSPS) is 15.4. The van der Waals surface area contributed by atoms with Crippen LogP contribution in [0.15, 0.2) is 6.07 Å². The van der Waals surface area contributed by atoms with Gasteiger partial charge in [-0.1, -0.05) is 0 Å². The van der Waals surface area contributed by atoms with E-state index in [2.05, 4.69) is 4.98 Å². The standard InChI is InChI=1S/C11H8F3NO/c12-6-3-7(13)11-9(10(6)14)5-4-16-2-1-8(5)15-11/h3,15H,1-2,4H2. The minimum absolute atomic E-state index is 0.0211. The van der Waals surface area contributed by atoms with Crippen LogP contribution < -0.4 is 0 Å². The molecular weight excluding hydrogens is 219 g/mol. The van der Waals surface area contributed by atoms with Crippen LogP contribution in [0.1, 0.15) is 11.3 Å². The first kappa shape index (κ1) is 9.72. The van der Waals surface area contributed by atoms with Crippen LogP contribution in [0.5, 0.6) is 0 Å². The highest BCUT2D eigenvalue weighted by atomic mass is 19.2. The summed E-state index contributed by atoms with van der Waals surface area (Å²) in [7, 11) is 0. The molecular formula is C11H8F3NO. The van der Waals surface area contributed by atoms with E-state index in [0.717, 1.165) is 5.69 Å². The maximum Gasteiger partial charge on any atom is 0.168 e. The van der Waals surface area contributed by atoms with E-state index in [9.17, 15) is 13.2 Å². The topological polar surface area (TPSA) is 25.0 Å². The lowest BCUT2D eigenvalue weighted by atomic mass is 10.1. The molecule has 0 aliphatic carbocycles. The van der Waals surface area contributed by atoms with Crippen molar-refractivity contribution in [2.24, 2.45) is 0 Å². The Morgan fingerprint density at radius 2 is 2.00 bits per heavy atom. The molecule has 84 valence electrons. The summed E-state index contributed by atoms with van der Waals surface area (Å²) in [5.74, 6) is -2.96. The number of ether oxygens (including phenoxy) is 1. The number of H-pyrrole nitrogens is 1. The van der Waals surface area contributed by atoms with Crippen LogP contribution in [0, 0.1) is 17.5 Å². The summed E-state index contributed by atoms with van der Waals surface area (Å²) in [5, 5.41) is -0.0211. The quantitative estimate of drug-likeness (QED) is 0.687. The van der Waals surface area contributed by atoms with E-state index in [1.807, 2.05) is 0 Å². The molecule has 1 aliphatic heterocycles. The third kappa shape index (κ3) is 1.18. The van der Waals surface area contributed by atoms with Gasteiger partial charge in [-0.05, 0) is 0 Å². The van der Waals surface area contributed by atoms with Gasteiger partial charge in [0.05, 0.1) is 18.7 Å². The molecule has 0 amide bonds. The average Bonchev–Trinajstić information content (AvgIpc) is 2.66. The highest BCUT2D eigenvalue weighted by Crippen LogP contribution is 2.31. The third-order valence-corrected chi connectivity index (χ3v) is 2.86. The zero-order valence-electron chi connectivity index (χ0n) is 8.24. The number of aromatic nitrogens is 1. The second-order valence-electron chi connectivity index (χ2n) is 3.79. The maximum atomic E-state index is 13.6. The Balaban J connectivity index is 2.43. The molecule has 0 bridgehead atoms. The number of halogens is 3. The van der Waals surface area contributed by atoms with Crippen molar-refractivity contribution in [3.8, 4) is 0 Å². The van der Waals surface area contributed by atoms with E-state index in [1.165, 1.54) is 0 Å². The summed E-state index contributed by atoms with van der Waals surface area (Å²) < 4.78 is 45.3. The monoisotopic (exact) mass is 227 g/mol. The Morgan fingerprint density at radius 3 is 2.81 bits per heavy atom. The number of rotatable bonds is 0. The molecule has 0 fully saturated rings. The molecule has 0 saturated heterocycles. The first-order chi connectivity index (χ1) is 7.68. The first-order valence-electron chi connectivity index (χ1n) is 4.93. The van der Waals surface area contributed by atoms with Gasteiger partial charge < -0.3 is 9.72 Å². The van der Waals surface area contributed by atoms with Crippen LogP contribution in [0.25, 0.3) is 10.9 Å². The van der Waals surface area contributed by atoms with E-state index < -0.39 is 17.5 Å². The lowest BCUT2D eigenvalue weighted by Crippen LogP contribution is -2.08. The molecule has 5 heteroatoms. The van der Waals surface area contributed by atoms with Crippen molar-refractivity contribution in [2.45, 2.75) is 13.0 Å². The number of hydrogen-bond acceptors (Lipinski definition) is 1. The van der Waals surface area contributed by atoms with Crippen LogP contribution in [-0.4, -0.2) is 11.6 Å². The minimum Gasteiger partial charge on any atom is -0.376 e. The molecule has 1 aliphatic rings. The number of nitrogens with one attached hydrogen (secondary N) is 1. The lowest BCUT2D eigenvalue weighted by Gasteiger charge is -2.11. The van der Waals surface area contributed by atoms with Crippen LogP contribution in [0.4, 0.5) is 13.2 Å². The molecule has 1 N–H and O–H groups in total. The molecule has 16 heavy (non-hydrogen) atoms. The molecule has 0 spiro atoms. The highest BCUT2D eigenvalue weighted by Gasteiger charge is 2.22. The van der Waals surface area contributed by atoms with Crippen LogP contribution >= 0.6 is 0 Å². The Bertz CT molecular complexity index is 576. The van der Waals surface area contributed by atoms with E-state index in [0.29, 0.717) is 24.7 Å². The predicted molar refractivity (Wildman–Crippen MR) is 51.5 cm³/mol. The van der Waals surface area contributed by atoms with Gasteiger partial charge in [0.2, 0.25) is 0 Å². The lowest BCUT2D eigenvalue weighted by molar-refractivity contribution is 0.111. The zero-order chi connectivity index (χ0) is 11.3. The van der Waals surface area contributed by atoms with Crippen molar-refractivity contribution in [3.05, 3.63) is 34.8 Å². The summed E-state index contributed by atoms with van der Waals surface area (Å²) in [4.78, 5) is 2.79. The van der Waals surface area contributed by atoms with Crippen molar-refractivity contribution in [3.63, 3.8) is 0 Å². The van der Waals surface area contributed by atoms with Crippen molar-refractivity contribution < 1.29 is 17.9 Å². The van der Waals surface area contributed by atoms with Gasteiger partial charge in [0.1, 0.15) is 5.82 Å². The molecule has 0 saturated carbocycles. The highest BCUT2D eigenvalue weighted by molar-refractivity contribution is 5.86. The van der Waals surface area contributed by atoms with Gasteiger partial charge in [0, 0.05) is 29.1 Å². The third-order valence-electron chi connectivity index (χ3n) is 2.86. The first-order valence-corrected chi connectivity index (χ1v) is 4.93. The molecule has 0 unspecified atom stereocenters. The van der Waals surface area contributed by atoms with Gasteiger partial charge in [-0.3, -0.25) is 0 Å². The number of fused-ring (bicyclic) bond motifs is 3. The minimum atomic E-state index is -1.17. The maximum absolute atomic E-state index is 13.6. The summed E-state index contributed by atoms with van der Waals surface area (Å²) >= 11 is 0. The molecule has 2 nitrogen and oxygen atoms in total. The Labute approximate surface area is 89.0 Å². The van der Waals surface area contributed by atoms with Crippen molar-refractivity contribution in [1.82, 2.24) is 4.98 Å². The van der Waals surface area contributed by atoms with Gasteiger partial charge in [-0.2, -0.15) is 0 Å². The fourth-order valence-electron chi connectivity index (χ4n) is 2.10. The van der Waals surface area contributed by atoms with Gasteiger partial charge in [0.25, 0.3) is 0 Å². The predicted octanol–water partition coefficient (Wildman–Crippen LogP) is 2.66. The van der Waals surface area contributed by atoms with Gasteiger partial charge in [0.15, 0.2) is 11.6 Å². The fraction of sp³-hybridized carbons (Fsp3) is 0.273. The molecule has 3 rings (SSSR count). The van der Waals surface area contributed by atoms with Gasteiger partial charge >= 0.3 is 0 Å². The van der Waals surface area contributed by atoms with Crippen LogP contribution in [0.3, 0.4) is 0 Å². The molecule has 2 heterocycles. The summed E-state index contributed by atoms with van der Waals surface area (Å²) in [6.45, 7) is 0.695. The van der Waals surface area contributed by atoms with Crippen molar-refractivity contribution >= 4 is 10.9 Å². The zero-order valence-corrected chi connectivity index (χ0v) is 8.24. The fourth-order valence-corrected chi connectivity index (χ4v) is 2.10. The van der Waals surface area contributed by atoms with Crippen molar-refractivity contribution in [2.75, 3.05) is 6.61 Å². The van der Waals surface area contributed by atoms with Gasteiger partial charge in [-0.15, -0.1) is 0 Å². The van der Waals surface area contributed by atoms with E-state index in [-0.39, 0.29) is 17.5 Å². The summed E-state index contributed by atoms with van der Waals surface area (Å²) in [5.41, 5.74) is 1.27. The van der Waals surface area contributed by atoms with E-state index in [4.69, 9.17) is 4.74 Å².